The Kier molecular flexibility index (Phi) is 5.97. The van der Waals surface area contributed by atoms with E-state index < -0.39 is 0 Å². The number of nitrogens with zero attached hydrogens (tertiary/aromatic N) is 1. The Morgan fingerprint density at radius 3 is 2.42 bits per heavy atom. The van der Waals surface area contributed by atoms with Gasteiger partial charge in [-0.25, -0.2) is 4.98 Å². The molecule has 1 aliphatic rings. The lowest BCUT2D eigenvalue weighted by atomic mass is 9.85. The standard InChI is InChI=1S/C21H29N3OS/c1-21(2,3)20(25)24-18-8-4-15(5-9-18)14-23-17-10-6-16(7-11-17)19-22-12-13-26-19/h6-7,10-13,15,18,23H,4-5,8-9,14H2,1-3H3,(H,24,25)/t15-,18-. The molecule has 5 heteroatoms. The third-order valence-corrected chi connectivity index (χ3v) is 5.84. The molecule has 1 aromatic carbocycles. The lowest BCUT2D eigenvalue weighted by Crippen LogP contribution is -2.43. The highest BCUT2D eigenvalue weighted by atomic mass is 32.1. The lowest BCUT2D eigenvalue weighted by Gasteiger charge is -2.31. The van der Waals surface area contributed by atoms with Gasteiger partial charge < -0.3 is 10.6 Å². The Balaban J connectivity index is 1.42. The summed E-state index contributed by atoms with van der Waals surface area (Å²) < 4.78 is 0. The molecule has 0 radical (unpaired) electrons. The van der Waals surface area contributed by atoms with Gasteiger partial charge in [-0.15, -0.1) is 11.3 Å². The normalized spacial score (nSPS) is 20.6. The summed E-state index contributed by atoms with van der Waals surface area (Å²) in [6.45, 7) is 6.91. The predicted octanol–water partition coefficient (Wildman–Crippen LogP) is 4.94. The number of rotatable bonds is 5. The van der Waals surface area contributed by atoms with Crippen molar-refractivity contribution in [2.24, 2.45) is 11.3 Å². The van der Waals surface area contributed by atoms with Crippen molar-refractivity contribution in [3.8, 4) is 10.6 Å². The minimum absolute atomic E-state index is 0.166. The molecule has 26 heavy (non-hydrogen) atoms. The predicted molar refractivity (Wildman–Crippen MR) is 109 cm³/mol. The van der Waals surface area contributed by atoms with Gasteiger partial charge in [0, 0.05) is 40.8 Å². The summed E-state index contributed by atoms with van der Waals surface area (Å²) in [7, 11) is 0. The van der Waals surface area contributed by atoms with Crippen LogP contribution >= 0.6 is 11.3 Å². The number of nitrogens with one attached hydrogen (secondary N) is 2. The number of carbonyl (C=O) groups excluding carboxylic acids is 1. The van der Waals surface area contributed by atoms with Gasteiger partial charge in [0.05, 0.1) is 0 Å². The molecule has 140 valence electrons. The van der Waals surface area contributed by atoms with Crippen LogP contribution in [0.15, 0.2) is 35.8 Å². The maximum absolute atomic E-state index is 12.1. The van der Waals surface area contributed by atoms with Crippen LogP contribution in [0.1, 0.15) is 46.5 Å². The zero-order chi connectivity index (χ0) is 18.6. The van der Waals surface area contributed by atoms with Crippen molar-refractivity contribution < 1.29 is 4.79 Å². The third kappa shape index (κ3) is 5.07. The molecule has 1 saturated carbocycles. The van der Waals surface area contributed by atoms with Gasteiger partial charge in [-0.3, -0.25) is 4.79 Å². The molecule has 2 aromatic rings. The monoisotopic (exact) mass is 371 g/mol. The Morgan fingerprint density at radius 2 is 1.85 bits per heavy atom. The van der Waals surface area contributed by atoms with Crippen LogP contribution in [0, 0.1) is 11.3 Å². The molecular formula is C21H29N3OS. The lowest BCUT2D eigenvalue weighted by molar-refractivity contribution is -0.129. The second-order valence-corrected chi connectivity index (χ2v) is 9.13. The molecule has 1 aliphatic carbocycles. The number of hydrogen-bond donors (Lipinski definition) is 2. The van der Waals surface area contributed by atoms with Crippen molar-refractivity contribution in [2.75, 3.05) is 11.9 Å². The van der Waals surface area contributed by atoms with Crippen LogP contribution in [0.5, 0.6) is 0 Å². The fourth-order valence-corrected chi connectivity index (χ4v) is 3.92. The summed E-state index contributed by atoms with van der Waals surface area (Å²) in [4.78, 5) is 16.5. The van der Waals surface area contributed by atoms with Crippen LogP contribution in [0.4, 0.5) is 5.69 Å². The largest absolute Gasteiger partial charge is 0.385 e. The first kappa shape index (κ1) is 18.9. The average molecular weight is 372 g/mol. The Morgan fingerprint density at radius 1 is 1.15 bits per heavy atom. The summed E-state index contributed by atoms with van der Waals surface area (Å²) in [6, 6.07) is 8.86. The topological polar surface area (TPSA) is 54.0 Å². The minimum atomic E-state index is -0.302. The summed E-state index contributed by atoms with van der Waals surface area (Å²) in [6.07, 6.45) is 6.33. The van der Waals surface area contributed by atoms with E-state index in [1.165, 1.54) is 18.4 Å². The zero-order valence-electron chi connectivity index (χ0n) is 15.9. The molecule has 0 atom stereocenters. The molecule has 3 rings (SSSR count). The van der Waals surface area contributed by atoms with Crippen molar-refractivity contribution >= 4 is 22.9 Å². The number of thiazole rings is 1. The Hall–Kier alpha value is -1.88. The molecule has 1 amide bonds. The molecule has 1 aromatic heterocycles. The van der Waals surface area contributed by atoms with E-state index in [0.717, 1.165) is 30.1 Å². The van der Waals surface area contributed by atoms with E-state index >= 15 is 0 Å². The van der Waals surface area contributed by atoms with E-state index in [-0.39, 0.29) is 11.3 Å². The molecule has 1 heterocycles. The molecule has 0 saturated heterocycles. The second-order valence-electron chi connectivity index (χ2n) is 8.24. The molecule has 0 unspecified atom stereocenters. The van der Waals surface area contributed by atoms with Crippen LogP contribution in [-0.2, 0) is 4.79 Å². The van der Waals surface area contributed by atoms with Gasteiger partial charge in [0.1, 0.15) is 5.01 Å². The molecule has 2 N–H and O–H groups in total. The third-order valence-electron chi connectivity index (χ3n) is 5.02. The van der Waals surface area contributed by atoms with Gasteiger partial charge in [-0.1, -0.05) is 20.8 Å². The van der Waals surface area contributed by atoms with E-state index in [9.17, 15) is 4.79 Å². The quantitative estimate of drug-likeness (QED) is 0.782. The van der Waals surface area contributed by atoms with Crippen LogP contribution in [0.25, 0.3) is 10.6 Å². The van der Waals surface area contributed by atoms with Crippen molar-refractivity contribution in [1.29, 1.82) is 0 Å². The van der Waals surface area contributed by atoms with E-state index in [0.29, 0.717) is 12.0 Å². The Labute approximate surface area is 160 Å². The van der Waals surface area contributed by atoms with Gasteiger partial charge in [0.25, 0.3) is 0 Å². The van der Waals surface area contributed by atoms with E-state index in [1.807, 2.05) is 32.3 Å². The van der Waals surface area contributed by atoms with Crippen molar-refractivity contribution in [3.63, 3.8) is 0 Å². The van der Waals surface area contributed by atoms with Gasteiger partial charge in [0.2, 0.25) is 5.91 Å². The summed E-state index contributed by atoms with van der Waals surface area (Å²) >= 11 is 1.66. The van der Waals surface area contributed by atoms with E-state index in [1.54, 1.807) is 11.3 Å². The fraction of sp³-hybridized carbons (Fsp3) is 0.524. The van der Waals surface area contributed by atoms with Crippen LogP contribution in [0.2, 0.25) is 0 Å². The van der Waals surface area contributed by atoms with Gasteiger partial charge in [-0.2, -0.15) is 0 Å². The molecule has 4 nitrogen and oxygen atoms in total. The van der Waals surface area contributed by atoms with Crippen LogP contribution in [-0.4, -0.2) is 23.5 Å². The summed E-state index contributed by atoms with van der Waals surface area (Å²) in [5.74, 6) is 0.843. The SMILES string of the molecule is CC(C)(C)C(=O)N[C@H]1CC[C@H](CNc2ccc(-c3nccs3)cc2)CC1. The van der Waals surface area contributed by atoms with Crippen LogP contribution in [0.3, 0.4) is 0 Å². The Bertz CT molecular complexity index is 696. The first-order valence-corrected chi connectivity index (χ1v) is 10.3. The number of amides is 1. The van der Waals surface area contributed by atoms with Crippen molar-refractivity contribution in [1.82, 2.24) is 10.3 Å². The first-order chi connectivity index (χ1) is 12.4. The number of anilines is 1. The van der Waals surface area contributed by atoms with Crippen LogP contribution < -0.4 is 10.6 Å². The van der Waals surface area contributed by atoms with Crippen molar-refractivity contribution in [3.05, 3.63) is 35.8 Å². The van der Waals surface area contributed by atoms with E-state index in [2.05, 4.69) is 39.9 Å². The second kappa shape index (κ2) is 8.21. The van der Waals surface area contributed by atoms with Gasteiger partial charge >= 0.3 is 0 Å². The molecule has 0 bridgehead atoms. The smallest absolute Gasteiger partial charge is 0.225 e. The highest BCUT2D eigenvalue weighted by molar-refractivity contribution is 7.13. The average Bonchev–Trinajstić information content (AvgIpc) is 3.15. The number of hydrogen-bond acceptors (Lipinski definition) is 4. The van der Waals surface area contributed by atoms with Gasteiger partial charge in [-0.05, 0) is 55.9 Å². The summed E-state index contributed by atoms with van der Waals surface area (Å²) in [5, 5.41) is 9.83. The first-order valence-electron chi connectivity index (χ1n) is 9.46. The maximum Gasteiger partial charge on any atom is 0.225 e. The number of aromatic nitrogens is 1. The number of carbonyl (C=O) groups is 1. The van der Waals surface area contributed by atoms with Crippen molar-refractivity contribution in [2.45, 2.75) is 52.5 Å². The van der Waals surface area contributed by atoms with Gasteiger partial charge in [0.15, 0.2) is 0 Å². The molecule has 1 fully saturated rings. The highest BCUT2D eigenvalue weighted by Gasteiger charge is 2.27. The zero-order valence-corrected chi connectivity index (χ0v) is 16.7. The summed E-state index contributed by atoms with van der Waals surface area (Å²) in [5.41, 5.74) is 2.03. The highest BCUT2D eigenvalue weighted by Crippen LogP contribution is 2.27. The fourth-order valence-electron chi connectivity index (χ4n) is 3.27. The molecule has 0 spiro atoms. The minimum Gasteiger partial charge on any atom is -0.385 e. The molecule has 0 aliphatic heterocycles. The number of benzene rings is 1. The molecular weight excluding hydrogens is 342 g/mol. The maximum atomic E-state index is 12.1. The van der Waals surface area contributed by atoms with E-state index in [4.69, 9.17) is 0 Å².